The van der Waals surface area contributed by atoms with Crippen molar-refractivity contribution in [2.45, 2.75) is 31.7 Å². The first-order chi connectivity index (χ1) is 8.37. The molecule has 0 radical (unpaired) electrons. The lowest BCUT2D eigenvalue weighted by Crippen LogP contribution is -2.28. The molecule has 1 aliphatic rings. The van der Waals surface area contributed by atoms with Crippen LogP contribution in [0.5, 0.6) is 5.75 Å². The summed E-state index contributed by atoms with van der Waals surface area (Å²) in [5.74, 6) is 0.0417. The van der Waals surface area contributed by atoms with Crippen LogP contribution < -0.4 is 10.5 Å². The van der Waals surface area contributed by atoms with Crippen molar-refractivity contribution in [3.8, 4) is 5.75 Å². The van der Waals surface area contributed by atoms with Gasteiger partial charge in [0, 0.05) is 16.1 Å². The third-order valence-electron chi connectivity index (χ3n) is 3.21. The van der Waals surface area contributed by atoms with Crippen LogP contribution in [0, 0.1) is 5.92 Å². The Labute approximate surface area is 111 Å². The van der Waals surface area contributed by atoms with Crippen molar-refractivity contribution in [1.29, 1.82) is 0 Å². The Balaban J connectivity index is 2.27. The second-order valence-electron chi connectivity index (χ2n) is 4.45. The number of ether oxygens (including phenoxy) is 1. The predicted molar refractivity (Wildman–Crippen MR) is 65.1 cm³/mol. The van der Waals surface area contributed by atoms with Gasteiger partial charge in [-0.3, -0.25) is 0 Å². The minimum absolute atomic E-state index is 0.204. The second kappa shape index (κ2) is 5.09. The summed E-state index contributed by atoms with van der Waals surface area (Å²) >= 11 is 3.24. The highest BCUT2D eigenvalue weighted by Gasteiger charge is 2.34. The quantitative estimate of drug-likeness (QED) is 0.907. The van der Waals surface area contributed by atoms with E-state index in [9.17, 15) is 13.2 Å². The topological polar surface area (TPSA) is 35.2 Å². The summed E-state index contributed by atoms with van der Waals surface area (Å²) in [7, 11) is 0. The summed E-state index contributed by atoms with van der Waals surface area (Å²) in [4.78, 5) is 0. The normalized spacial score (nSPS) is 18.3. The predicted octanol–water partition coefficient (Wildman–Crippen LogP) is 4.15. The van der Waals surface area contributed by atoms with Crippen LogP contribution in [0.1, 0.15) is 30.9 Å². The maximum atomic E-state index is 12.3. The second-order valence-corrected chi connectivity index (χ2v) is 5.36. The van der Waals surface area contributed by atoms with Crippen molar-refractivity contribution in [2.24, 2.45) is 11.7 Å². The van der Waals surface area contributed by atoms with Gasteiger partial charge in [0.15, 0.2) is 0 Å². The standard InChI is InChI=1S/C12H13BrF3NO/c13-8-4-5-10(18-12(14,15)16)9(6-8)11(17)7-2-1-3-7/h4-7,11H,1-3,17H2/t11-/m1/s1. The van der Waals surface area contributed by atoms with E-state index < -0.39 is 12.4 Å². The van der Waals surface area contributed by atoms with E-state index >= 15 is 0 Å². The summed E-state index contributed by atoms with van der Waals surface area (Å²) in [6.07, 6.45) is -1.69. The van der Waals surface area contributed by atoms with Crippen molar-refractivity contribution in [1.82, 2.24) is 0 Å². The highest BCUT2D eigenvalue weighted by molar-refractivity contribution is 9.10. The largest absolute Gasteiger partial charge is 0.573 e. The van der Waals surface area contributed by atoms with E-state index in [1.807, 2.05) is 0 Å². The molecule has 0 aliphatic heterocycles. The van der Waals surface area contributed by atoms with Gasteiger partial charge < -0.3 is 10.5 Å². The molecule has 1 fully saturated rings. The van der Waals surface area contributed by atoms with Crippen LogP contribution in [-0.2, 0) is 0 Å². The minimum atomic E-state index is -4.69. The van der Waals surface area contributed by atoms with E-state index in [2.05, 4.69) is 20.7 Å². The zero-order chi connectivity index (χ0) is 13.3. The molecule has 2 nitrogen and oxygen atoms in total. The van der Waals surface area contributed by atoms with E-state index in [4.69, 9.17) is 5.73 Å². The van der Waals surface area contributed by atoms with E-state index in [-0.39, 0.29) is 11.7 Å². The van der Waals surface area contributed by atoms with Crippen molar-refractivity contribution in [2.75, 3.05) is 0 Å². The van der Waals surface area contributed by atoms with Crippen LogP contribution in [0.25, 0.3) is 0 Å². The zero-order valence-corrected chi connectivity index (χ0v) is 11.1. The number of rotatable bonds is 3. The Morgan fingerprint density at radius 2 is 2.00 bits per heavy atom. The Morgan fingerprint density at radius 3 is 2.50 bits per heavy atom. The van der Waals surface area contributed by atoms with E-state index in [0.717, 1.165) is 19.3 Å². The number of nitrogens with two attached hydrogens (primary N) is 1. The summed E-state index contributed by atoms with van der Waals surface area (Å²) in [6, 6.07) is 4.00. The van der Waals surface area contributed by atoms with Gasteiger partial charge in [-0.05, 0) is 37.0 Å². The van der Waals surface area contributed by atoms with Crippen LogP contribution >= 0.6 is 15.9 Å². The van der Waals surface area contributed by atoms with Gasteiger partial charge in [-0.25, -0.2) is 0 Å². The van der Waals surface area contributed by atoms with Gasteiger partial charge in [0.1, 0.15) is 5.75 Å². The lowest BCUT2D eigenvalue weighted by atomic mass is 9.77. The molecule has 0 spiro atoms. The third kappa shape index (κ3) is 3.17. The van der Waals surface area contributed by atoms with E-state index in [0.29, 0.717) is 10.0 Å². The van der Waals surface area contributed by atoms with Gasteiger partial charge in [-0.1, -0.05) is 22.4 Å². The van der Waals surface area contributed by atoms with Crippen LogP contribution in [0.2, 0.25) is 0 Å². The maximum absolute atomic E-state index is 12.3. The molecule has 1 aliphatic carbocycles. The molecule has 1 aromatic rings. The summed E-state index contributed by atoms with van der Waals surface area (Å²) < 4.78 is 41.6. The first kappa shape index (κ1) is 13.7. The van der Waals surface area contributed by atoms with Crippen molar-refractivity contribution in [3.63, 3.8) is 0 Å². The van der Waals surface area contributed by atoms with Gasteiger partial charge in [-0.2, -0.15) is 0 Å². The number of hydrogen-bond acceptors (Lipinski definition) is 2. The maximum Gasteiger partial charge on any atom is 0.573 e. The van der Waals surface area contributed by atoms with Gasteiger partial charge >= 0.3 is 6.36 Å². The smallest absolute Gasteiger partial charge is 0.405 e. The Kier molecular flexibility index (Phi) is 3.87. The van der Waals surface area contributed by atoms with Gasteiger partial charge in [-0.15, -0.1) is 13.2 Å². The van der Waals surface area contributed by atoms with Gasteiger partial charge in [0.2, 0.25) is 0 Å². The van der Waals surface area contributed by atoms with Gasteiger partial charge in [0.05, 0.1) is 0 Å². The van der Waals surface area contributed by atoms with Crippen molar-refractivity contribution >= 4 is 15.9 Å². The number of alkyl halides is 3. The fraction of sp³-hybridized carbons (Fsp3) is 0.500. The molecule has 1 aromatic carbocycles. The number of hydrogen-bond donors (Lipinski definition) is 1. The third-order valence-corrected chi connectivity index (χ3v) is 3.71. The molecule has 18 heavy (non-hydrogen) atoms. The molecule has 1 atom stereocenters. The number of benzene rings is 1. The SMILES string of the molecule is N[C@@H](c1cc(Br)ccc1OC(F)(F)F)C1CCC1. The average Bonchev–Trinajstić information content (AvgIpc) is 2.16. The molecule has 0 unspecified atom stereocenters. The molecule has 0 aromatic heterocycles. The monoisotopic (exact) mass is 323 g/mol. The highest BCUT2D eigenvalue weighted by atomic mass is 79.9. The Bertz CT molecular complexity index is 432. The Morgan fingerprint density at radius 1 is 1.33 bits per heavy atom. The first-order valence-electron chi connectivity index (χ1n) is 5.67. The highest BCUT2D eigenvalue weighted by Crippen LogP contribution is 2.41. The van der Waals surface area contributed by atoms with Crippen molar-refractivity contribution in [3.05, 3.63) is 28.2 Å². The minimum Gasteiger partial charge on any atom is -0.405 e. The fourth-order valence-electron chi connectivity index (χ4n) is 2.05. The Hall–Kier alpha value is -0.750. The molecule has 0 amide bonds. The van der Waals surface area contributed by atoms with Crippen molar-refractivity contribution < 1.29 is 17.9 Å². The molecule has 2 N–H and O–H groups in total. The lowest BCUT2D eigenvalue weighted by Gasteiger charge is -2.32. The summed E-state index contributed by atoms with van der Waals surface area (Å²) in [5.41, 5.74) is 6.43. The molecule has 0 saturated heterocycles. The average molecular weight is 324 g/mol. The number of halogens is 4. The van der Waals surface area contributed by atoms with Gasteiger partial charge in [0.25, 0.3) is 0 Å². The molecular weight excluding hydrogens is 311 g/mol. The molecule has 2 rings (SSSR count). The molecule has 100 valence electrons. The fourth-order valence-corrected chi connectivity index (χ4v) is 2.43. The molecule has 6 heteroatoms. The molecule has 0 bridgehead atoms. The molecular formula is C12H13BrF3NO. The summed E-state index contributed by atoms with van der Waals surface area (Å²) in [5, 5.41) is 0. The van der Waals surface area contributed by atoms with E-state index in [1.54, 1.807) is 6.07 Å². The van der Waals surface area contributed by atoms with Crippen LogP contribution in [0.15, 0.2) is 22.7 Å². The van der Waals surface area contributed by atoms with Crippen LogP contribution in [0.4, 0.5) is 13.2 Å². The van der Waals surface area contributed by atoms with Crippen LogP contribution in [0.3, 0.4) is 0 Å². The van der Waals surface area contributed by atoms with Crippen LogP contribution in [-0.4, -0.2) is 6.36 Å². The molecule has 0 heterocycles. The molecule has 1 saturated carbocycles. The first-order valence-corrected chi connectivity index (χ1v) is 6.47. The van der Waals surface area contributed by atoms with E-state index in [1.165, 1.54) is 12.1 Å². The lowest BCUT2D eigenvalue weighted by molar-refractivity contribution is -0.275. The zero-order valence-electron chi connectivity index (χ0n) is 9.51. The summed E-state index contributed by atoms with van der Waals surface area (Å²) in [6.45, 7) is 0.